The maximum absolute atomic E-state index is 8.75. The lowest BCUT2D eigenvalue weighted by molar-refractivity contribution is 0.214. The van der Waals surface area contributed by atoms with Crippen molar-refractivity contribution in [1.29, 1.82) is 0 Å². The fourth-order valence-corrected chi connectivity index (χ4v) is 3.66. The highest BCUT2D eigenvalue weighted by molar-refractivity contribution is 6.30. The number of aromatic nitrogens is 1. The van der Waals surface area contributed by atoms with E-state index in [0.717, 1.165) is 48.8 Å². The molecule has 0 atom stereocenters. The number of nitrogens with one attached hydrogen (secondary N) is 1. The van der Waals surface area contributed by atoms with E-state index in [1.54, 1.807) is 6.20 Å². The summed E-state index contributed by atoms with van der Waals surface area (Å²) in [5.41, 5.74) is 8.09. The molecule has 1 aliphatic rings. The van der Waals surface area contributed by atoms with Crippen LogP contribution in [-0.2, 0) is 0 Å². The Hall–Kier alpha value is -2.40. The van der Waals surface area contributed by atoms with Gasteiger partial charge in [-0.05, 0) is 61.2 Å². The van der Waals surface area contributed by atoms with Crippen LogP contribution in [0.3, 0.4) is 0 Å². The molecule has 4 nitrogen and oxygen atoms in total. The van der Waals surface area contributed by atoms with Crippen LogP contribution in [0.2, 0.25) is 5.02 Å². The smallest absolute Gasteiger partial charge is 0.0707 e. The minimum Gasteiger partial charge on any atom is -0.298 e. The highest BCUT2D eigenvalue weighted by Crippen LogP contribution is 2.32. The van der Waals surface area contributed by atoms with Crippen molar-refractivity contribution in [3.63, 3.8) is 0 Å². The van der Waals surface area contributed by atoms with Gasteiger partial charge in [-0.3, -0.25) is 20.6 Å². The molecule has 0 amide bonds. The molecule has 1 aromatic carbocycles. The summed E-state index contributed by atoms with van der Waals surface area (Å²) in [4.78, 5) is 7.06. The van der Waals surface area contributed by atoms with E-state index in [0.29, 0.717) is 0 Å². The zero-order valence-corrected chi connectivity index (χ0v) is 16.9. The molecule has 146 valence electrons. The Bertz CT molecular complexity index is 847. The highest BCUT2D eigenvalue weighted by Gasteiger charge is 2.19. The quantitative estimate of drug-likeness (QED) is 0.529. The largest absolute Gasteiger partial charge is 0.298 e. The molecule has 0 unspecified atom stereocenters. The van der Waals surface area contributed by atoms with E-state index < -0.39 is 0 Å². The molecular formula is C23H26ClN3O. The van der Waals surface area contributed by atoms with Crippen molar-refractivity contribution in [1.82, 2.24) is 15.4 Å². The fraction of sp³-hybridized carbons (Fsp3) is 0.261. The molecule has 0 aliphatic carbocycles. The van der Waals surface area contributed by atoms with E-state index in [1.165, 1.54) is 16.7 Å². The number of hydroxylamine groups is 1. The van der Waals surface area contributed by atoms with Crippen molar-refractivity contribution in [3.8, 4) is 0 Å². The van der Waals surface area contributed by atoms with Gasteiger partial charge in [0.15, 0.2) is 0 Å². The molecule has 1 fully saturated rings. The maximum atomic E-state index is 8.75. The number of hydrogen-bond donors (Lipinski definition) is 2. The average Bonchev–Trinajstić information content (AvgIpc) is 2.74. The van der Waals surface area contributed by atoms with Crippen molar-refractivity contribution >= 4 is 17.2 Å². The monoisotopic (exact) mass is 395 g/mol. The van der Waals surface area contributed by atoms with Gasteiger partial charge < -0.3 is 0 Å². The SMILES string of the molecule is C/C=C(\C=C/NO)CN1CCC(=C(c2ccc(Cl)cc2)c2ccccn2)CC1. The Morgan fingerprint density at radius 1 is 1.18 bits per heavy atom. The molecule has 0 spiro atoms. The molecule has 0 saturated carbocycles. The second kappa shape index (κ2) is 10.2. The van der Waals surface area contributed by atoms with E-state index in [9.17, 15) is 0 Å². The van der Waals surface area contributed by atoms with Gasteiger partial charge in [-0.25, -0.2) is 0 Å². The summed E-state index contributed by atoms with van der Waals surface area (Å²) in [6.45, 7) is 4.89. The normalized spacial score (nSPS) is 15.8. The Balaban J connectivity index is 1.81. The number of rotatable bonds is 6. The van der Waals surface area contributed by atoms with Gasteiger partial charge in [-0.15, -0.1) is 0 Å². The van der Waals surface area contributed by atoms with E-state index in [2.05, 4.69) is 39.6 Å². The van der Waals surface area contributed by atoms with Crippen LogP contribution in [0.4, 0.5) is 0 Å². The highest BCUT2D eigenvalue weighted by atomic mass is 35.5. The molecule has 28 heavy (non-hydrogen) atoms. The van der Waals surface area contributed by atoms with E-state index >= 15 is 0 Å². The molecular weight excluding hydrogens is 370 g/mol. The molecule has 2 aromatic rings. The number of benzene rings is 1. The predicted molar refractivity (Wildman–Crippen MR) is 115 cm³/mol. The summed E-state index contributed by atoms with van der Waals surface area (Å²) in [6, 6.07) is 14.1. The van der Waals surface area contributed by atoms with Crippen LogP contribution in [0.25, 0.3) is 5.57 Å². The van der Waals surface area contributed by atoms with Gasteiger partial charge in [0.25, 0.3) is 0 Å². The number of nitrogens with zero attached hydrogens (tertiary/aromatic N) is 2. The third kappa shape index (κ3) is 5.32. The fourth-order valence-electron chi connectivity index (χ4n) is 3.53. The van der Waals surface area contributed by atoms with Gasteiger partial charge in [0.2, 0.25) is 0 Å². The third-order valence-electron chi connectivity index (χ3n) is 5.02. The van der Waals surface area contributed by atoms with Crippen LogP contribution < -0.4 is 5.48 Å². The zero-order valence-electron chi connectivity index (χ0n) is 16.1. The number of hydrogen-bond acceptors (Lipinski definition) is 4. The molecule has 2 N–H and O–H groups in total. The number of likely N-dealkylation sites (tertiary alicyclic amines) is 1. The van der Waals surface area contributed by atoms with Crippen LogP contribution >= 0.6 is 11.6 Å². The van der Waals surface area contributed by atoms with Crippen LogP contribution in [0.1, 0.15) is 31.0 Å². The van der Waals surface area contributed by atoms with Gasteiger partial charge in [0.1, 0.15) is 0 Å². The summed E-state index contributed by atoms with van der Waals surface area (Å²) < 4.78 is 0. The molecule has 1 aliphatic heterocycles. The first kappa shape index (κ1) is 20.3. The van der Waals surface area contributed by atoms with Gasteiger partial charge in [-0.1, -0.05) is 41.4 Å². The average molecular weight is 396 g/mol. The first-order valence-corrected chi connectivity index (χ1v) is 9.92. The Morgan fingerprint density at radius 3 is 2.54 bits per heavy atom. The standard InChI is InChI=1S/C23H26ClN3O/c1-2-18(10-14-26-28)17-27-15-11-20(12-16-27)23(22-5-3-4-13-25-22)19-6-8-21(24)9-7-19/h2-10,13-14,26,28H,11-12,15-17H2,1H3/b14-10-,18-2+. The number of piperidine rings is 1. The molecule has 3 rings (SSSR count). The van der Waals surface area contributed by atoms with Gasteiger partial charge in [0.05, 0.1) is 5.69 Å². The van der Waals surface area contributed by atoms with Gasteiger partial charge in [-0.2, -0.15) is 0 Å². The minimum absolute atomic E-state index is 0.744. The van der Waals surface area contributed by atoms with Crippen molar-refractivity contribution in [2.45, 2.75) is 19.8 Å². The Labute approximate surface area is 171 Å². The summed E-state index contributed by atoms with van der Waals surface area (Å²) in [5, 5.41) is 9.49. The maximum Gasteiger partial charge on any atom is 0.0707 e. The summed E-state index contributed by atoms with van der Waals surface area (Å²) >= 11 is 6.10. The zero-order chi connectivity index (χ0) is 19.8. The number of halogens is 1. The Kier molecular flexibility index (Phi) is 7.43. The first-order valence-electron chi connectivity index (χ1n) is 9.54. The molecule has 0 radical (unpaired) electrons. The summed E-state index contributed by atoms with van der Waals surface area (Å²) in [6.07, 6.45) is 9.39. The van der Waals surface area contributed by atoms with Crippen LogP contribution in [0.5, 0.6) is 0 Å². The molecule has 0 bridgehead atoms. The van der Waals surface area contributed by atoms with Crippen LogP contribution in [-0.4, -0.2) is 34.7 Å². The third-order valence-corrected chi connectivity index (χ3v) is 5.27. The second-order valence-corrected chi connectivity index (χ2v) is 7.24. The van der Waals surface area contributed by atoms with Crippen LogP contribution in [0, 0.1) is 0 Å². The summed E-state index contributed by atoms with van der Waals surface area (Å²) in [5.74, 6) is 0. The molecule has 1 saturated heterocycles. The van der Waals surface area contributed by atoms with Crippen molar-refractivity contribution < 1.29 is 5.21 Å². The lowest BCUT2D eigenvalue weighted by Gasteiger charge is -2.30. The van der Waals surface area contributed by atoms with Gasteiger partial charge in [0, 0.05) is 42.6 Å². The minimum atomic E-state index is 0.744. The molecule has 1 aromatic heterocycles. The number of allylic oxidation sites excluding steroid dienone is 1. The molecule has 2 heterocycles. The lowest BCUT2D eigenvalue weighted by atomic mass is 9.90. The second-order valence-electron chi connectivity index (χ2n) is 6.80. The lowest BCUT2D eigenvalue weighted by Crippen LogP contribution is -2.32. The predicted octanol–water partition coefficient (Wildman–Crippen LogP) is 5.07. The number of pyridine rings is 1. The van der Waals surface area contributed by atoms with Crippen molar-refractivity contribution in [2.24, 2.45) is 0 Å². The summed E-state index contributed by atoms with van der Waals surface area (Å²) in [7, 11) is 0. The topological polar surface area (TPSA) is 48.4 Å². The van der Waals surface area contributed by atoms with E-state index in [4.69, 9.17) is 16.8 Å². The first-order chi connectivity index (χ1) is 13.7. The van der Waals surface area contributed by atoms with E-state index in [-0.39, 0.29) is 0 Å². The van der Waals surface area contributed by atoms with Gasteiger partial charge >= 0.3 is 0 Å². The van der Waals surface area contributed by atoms with Crippen LogP contribution in [0.15, 0.2) is 78.2 Å². The molecule has 5 heteroatoms. The van der Waals surface area contributed by atoms with Crippen molar-refractivity contribution in [2.75, 3.05) is 19.6 Å². The Morgan fingerprint density at radius 2 is 1.93 bits per heavy atom. The van der Waals surface area contributed by atoms with Crippen molar-refractivity contribution in [3.05, 3.63) is 94.4 Å². The van der Waals surface area contributed by atoms with E-state index in [1.807, 2.05) is 43.5 Å².